The SMILES string of the molecule is C=CCN(CC(=O)Nc1nc(-c2ccc(OC)cc2)cn1-c1ccc(OC)cc1)S(=O)(=O)c1ccc(OC)cc1. The fourth-order valence-electron chi connectivity index (χ4n) is 3.92. The number of ether oxygens (including phenoxy) is 3. The van der Waals surface area contributed by atoms with Crippen molar-refractivity contribution in [3.63, 3.8) is 0 Å². The molecule has 3 aromatic carbocycles. The summed E-state index contributed by atoms with van der Waals surface area (Å²) in [6, 6.07) is 20.5. The lowest BCUT2D eigenvalue weighted by atomic mass is 10.1. The molecule has 1 N–H and O–H groups in total. The zero-order chi connectivity index (χ0) is 28.7. The van der Waals surface area contributed by atoms with Crippen LogP contribution in [0.4, 0.5) is 5.95 Å². The summed E-state index contributed by atoms with van der Waals surface area (Å²) >= 11 is 0. The van der Waals surface area contributed by atoms with Gasteiger partial charge in [0.2, 0.25) is 21.9 Å². The molecule has 0 atom stereocenters. The second-order valence-corrected chi connectivity index (χ2v) is 10.5. The number of carbonyl (C=O) groups is 1. The molecule has 0 saturated heterocycles. The third-order valence-electron chi connectivity index (χ3n) is 6.04. The summed E-state index contributed by atoms with van der Waals surface area (Å²) in [5, 5.41) is 2.78. The zero-order valence-corrected chi connectivity index (χ0v) is 23.2. The summed E-state index contributed by atoms with van der Waals surface area (Å²) in [5.74, 6) is 1.55. The van der Waals surface area contributed by atoms with Crippen LogP contribution in [-0.4, -0.2) is 62.6 Å². The van der Waals surface area contributed by atoms with Gasteiger partial charge < -0.3 is 14.2 Å². The Balaban J connectivity index is 1.64. The molecule has 0 aliphatic heterocycles. The molecule has 0 bridgehead atoms. The molecule has 0 saturated carbocycles. The van der Waals surface area contributed by atoms with Crippen molar-refractivity contribution < 1.29 is 27.4 Å². The van der Waals surface area contributed by atoms with Crippen LogP contribution >= 0.6 is 0 Å². The number of benzene rings is 3. The number of rotatable bonds is 12. The van der Waals surface area contributed by atoms with Gasteiger partial charge in [0.25, 0.3) is 0 Å². The van der Waals surface area contributed by atoms with Crippen LogP contribution in [0, 0.1) is 0 Å². The molecule has 0 spiro atoms. The van der Waals surface area contributed by atoms with Crippen LogP contribution in [0.1, 0.15) is 0 Å². The number of carbonyl (C=O) groups excluding carboxylic acids is 1. The molecule has 1 amide bonds. The highest BCUT2D eigenvalue weighted by Gasteiger charge is 2.26. The highest BCUT2D eigenvalue weighted by molar-refractivity contribution is 7.89. The number of nitrogens with zero attached hydrogens (tertiary/aromatic N) is 3. The Labute approximate surface area is 233 Å². The van der Waals surface area contributed by atoms with E-state index >= 15 is 0 Å². The van der Waals surface area contributed by atoms with Gasteiger partial charge in [0, 0.05) is 24.0 Å². The van der Waals surface area contributed by atoms with Gasteiger partial charge in [-0.25, -0.2) is 13.4 Å². The third kappa shape index (κ3) is 6.33. The first-order valence-electron chi connectivity index (χ1n) is 12.2. The standard InChI is InChI=1S/C29H30N4O6S/c1-5-18-32(40(35,36)26-16-14-25(39-4)15-17-26)20-28(34)31-29-30-27(21-6-10-23(37-2)11-7-21)19-33(29)22-8-12-24(38-3)13-9-22/h5-17,19H,1,18,20H2,2-4H3,(H,30,31,34). The van der Waals surface area contributed by atoms with E-state index in [0.717, 1.165) is 15.6 Å². The number of amides is 1. The lowest BCUT2D eigenvalue weighted by molar-refractivity contribution is -0.116. The average molecular weight is 563 g/mol. The summed E-state index contributed by atoms with van der Waals surface area (Å²) in [6.07, 6.45) is 3.21. The molecule has 208 valence electrons. The minimum absolute atomic E-state index is 0.0319. The molecule has 0 radical (unpaired) electrons. The van der Waals surface area contributed by atoms with Crippen molar-refractivity contribution in [3.8, 4) is 34.2 Å². The number of nitrogens with one attached hydrogen (secondary N) is 1. The number of hydrogen-bond acceptors (Lipinski definition) is 7. The van der Waals surface area contributed by atoms with E-state index in [0.29, 0.717) is 22.9 Å². The van der Waals surface area contributed by atoms with Crippen LogP contribution in [0.2, 0.25) is 0 Å². The molecule has 0 fully saturated rings. The van der Waals surface area contributed by atoms with E-state index in [1.165, 1.54) is 25.3 Å². The molecule has 40 heavy (non-hydrogen) atoms. The maximum Gasteiger partial charge on any atom is 0.243 e. The molecule has 11 heteroatoms. The van der Waals surface area contributed by atoms with E-state index in [2.05, 4.69) is 16.9 Å². The fraction of sp³-hybridized carbons (Fsp3) is 0.172. The molecule has 0 unspecified atom stereocenters. The van der Waals surface area contributed by atoms with Crippen LogP contribution < -0.4 is 19.5 Å². The van der Waals surface area contributed by atoms with Crippen LogP contribution in [0.15, 0.2) is 96.5 Å². The van der Waals surface area contributed by atoms with E-state index in [4.69, 9.17) is 14.2 Å². The summed E-state index contributed by atoms with van der Waals surface area (Å²) in [6.45, 7) is 3.14. The number of anilines is 1. The first kappa shape index (κ1) is 28.4. The summed E-state index contributed by atoms with van der Waals surface area (Å²) in [7, 11) is 0.663. The van der Waals surface area contributed by atoms with Crippen LogP contribution in [0.25, 0.3) is 16.9 Å². The number of hydrogen-bond donors (Lipinski definition) is 1. The molecular weight excluding hydrogens is 532 g/mol. The number of aromatic nitrogens is 2. The summed E-state index contributed by atoms with van der Waals surface area (Å²) in [5.41, 5.74) is 2.12. The molecule has 0 aliphatic rings. The Hall–Kier alpha value is -4.61. The molecule has 1 heterocycles. The van der Waals surface area contributed by atoms with Gasteiger partial charge in [-0.2, -0.15) is 4.31 Å². The van der Waals surface area contributed by atoms with Crippen LogP contribution in [0.3, 0.4) is 0 Å². The minimum Gasteiger partial charge on any atom is -0.497 e. The molecule has 4 aromatic rings. The molecule has 10 nitrogen and oxygen atoms in total. The molecular formula is C29H30N4O6S. The zero-order valence-electron chi connectivity index (χ0n) is 22.4. The van der Waals surface area contributed by atoms with Crippen LogP contribution in [0.5, 0.6) is 17.2 Å². The maximum absolute atomic E-state index is 13.3. The first-order valence-corrected chi connectivity index (χ1v) is 13.7. The van der Waals surface area contributed by atoms with Gasteiger partial charge >= 0.3 is 0 Å². The van der Waals surface area contributed by atoms with Gasteiger partial charge in [0.05, 0.1) is 38.5 Å². The number of methoxy groups -OCH3 is 3. The Bertz CT molecular complexity index is 1560. The highest BCUT2D eigenvalue weighted by Crippen LogP contribution is 2.27. The second kappa shape index (κ2) is 12.5. The van der Waals surface area contributed by atoms with Crippen molar-refractivity contribution in [3.05, 3.63) is 91.6 Å². The van der Waals surface area contributed by atoms with E-state index in [-0.39, 0.29) is 17.4 Å². The smallest absolute Gasteiger partial charge is 0.243 e. The average Bonchev–Trinajstić information content (AvgIpc) is 3.40. The molecule has 0 aliphatic carbocycles. The third-order valence-corrected chi connectivity index (χ3v) is 7.87. The summed E-state index contributed by atoms with van der Waals surface area (Å²) < 4.78 is 45.0. The van der Waals surface area contributed by atoms with Gasteiger partial charge in [-0.05, 0) is 72.8 Å². The molecule has 4 rings (SSSR count). The predicted octanol–water partition coefficient (Wildman–Crippen LogP) is 4.38. The largest absolute Gasteiger partial charge is 0.497 e. The second-order valence-electron chi connectivity index (χ2n) is 8.56. The lowest BCUT2D eigenvalue weighted by Crippen LogP contribution is -2.38. The van der Waals surface area contributed by atoms with Crippen molar-refractivity contribution in [2.75, 3.05) is 39.7 Å². The quantitative estimate of drug-likeness (QED) is 0.255. The van der Waals surface area contributed by atoms with Crippen molar-refractivity contribution >= 4 is 21.9 Å². The first-order chi connectivity index (χ1) is 19.3. The fourth-order valence-corrected chi connectivity index (χ4v) is 5.29. The van der Waals surface area contributed by atoms with Gasteiger partial charge in [0.1, 0.15) is 17.2 Å². The monoisotopic (exact) mass is 562 g/mol. The lowest BCUT2D eigenvalue weighted by Gasteiger charge is -2.20. The maximum atomic E-state index is 13.3. The number of sulfonamides is 1. The Morgan fingerprint density at radius 3 is 1.95 bits per heavy atom. The topological polar surface area (TPSA) is 112 Å². The van der Waals surface area contributed by atoms with E-state index in [9.17, 15) is 13.2 Å². The van der Waals surface area contributed by atoms with Crippen molar-refractivity contribution in [1.82, 2.24) is 13.9 Å². The molecule has 1 aromatic heterocycles. The van der Waals surface area contributed by atoms with Gasteiger partial charge in [-0.1, -0.05) is 6.08 Å². The van der Waals surface area contributed by atoms with Crippen LogP contribution in [-0.2, 0) is 14.8 Å². The Morgan fingerprint density at radius 2 is 1.43 bits per heavy atom. The van der Waals surface area contributed by atoms with Gasteiger partial charge in [0.15, 0.2) is 0 Å². The van der Waals surface area contributed by atoms with E-state index in [1.54, 1.807) is 49.2 Å². The van der Waals surface area contributed by atoms with E-state index < -0.39 is 22.5 Å². The number of imidazole rings is 1. The Morgan fingerprint density at radius 1 is 0.900 bits per heavy atom. The minimum atomic E-state index is -4.00. The highest BCUT2D eigenvalue weighted by atomic mass is 32.2. The normalized spacial score (nSPS) is 11.2. The van der Waals surface area contributed by atoms with E-state index in [1.807, 2.05) is 36.4 Å². The Kier molecular flexibility index (Phi) is 8.87. The predicted molar refractivity (Wildman–Crippen MR) is 153 cm³/mol. The van der Waals surface area contributed by atoms with Gasteiger partial charge in [-0.15, -0.1) is 6.58 Å². The van der Waals surface area contributed by atoms with Crippen molar-refractivity contribution in [2.45, 2.75) is 4.90 Å². The van der Waals surface area contributed by atoms with Crippen molar-refractivity contribution in [2.24, 2.45) is 0 Å². The summed E-state index contributed by atoms with van der Waals surface area (Å²) in [4.78, 5) is 17.9. The van der Waals surface area contributed by atoms with Crippen molar-refractivity contribution in [1.29, 1.82) is 0 Å². The van der Waals surface area contributed by atoms with Gasteiger partial charge in [-0.3, -0.25) is 14.7 Å².